The van der Waals surface area contributed by atoms with Crippen LogP contribution in [0.3, 0.4) is 0 Å². The molecule has 2 aromatic carbocycles. The average molecular weight is 445 g/mol. The predicted molar refractivity (Wildman–Crippen MR) is 129 cm³/mol. The first-order valence-electron chi connectivity index (χ1n) is 11.4. The summed E-state index contributed by atoms with van der Waals surface area (Å²) in [6, 6.07) is 18.2. The van der Waals surface area contributed by atoms with E-state index in [-0.39, 0.29) is 11.8 Å². The van der Waals surface area contributed by atoms with E-state index in [2.05, 4.69) is 37.4 Å². The summed E-state index contributed by atoms with van der Waals surface area (Å²) in [5.41, 5.74) is 4.47. The molecule has 2 aliphatic rings. The average Bonchev–Trinajstić information content (AvgIpc) is 3.24. The van der Waals surface area contributed by atoms with Crippen molar-refractivity contribution in [1.82, 2.24) is 15.1 Å². The molecule has 170 valence electrons. The lowest BCUT2D eigenvalue weighted by Crippen LogP contribution is -2.48. The van der Waals surface area contributed by atoms with Gasteiger partial charge >= 0.3 is 0 Å². The number of hydrogen-bond donors (Lipinski definition) is 2. The number of fused-ring (bicyclic) bond motifs is 1. The van der Waals surface area contributed by atoms with Gasteiger partial charge in [0.15, 0.2) is 5.82 Å². The lowest BCUT2D eigenvalue weighted by Gasteiger charge is -2.35. The van der Waals surface area contributed by atoms with Gasteiger partial charge in [-0.05, 0) is 37.6 Å². The van der Waals surface area contributed by atoms with Gasteiger partial charge in [0.05, 0.1) is 6.54 Å². The Balaban J connectivity index is 1.18. The molecule has 33 heavy (non-hydrogen) atoms. The number of aromatic nitrogens is 2. The molecule has 1 fully saturated rings. The number of aryl methyl sites for hydroxylation is 1. The van der Waals surface area contributed by atoms with E-state index in [9.17, 15) is 9.59 Å². The van der Waals surface area contributed by atoms with E-state index in [1.54, 1.807) is 4.90 Å². The molecule has 8 heteroatoms. The highest BCUT2D eigenvalue weighted by Crippen LogP contribution is 2.27. The monoisotopic (exact) mass is 444 g/mol. The standard InChI is InChI=1S/C25H28N6O2/c1-18-7-9-20(10-8-18)31-12-11-21-23(25(31)33)27-28-24(21)26-22(32)17-29-13-15-30(16-14-29)19-5-3-2-4-6-19/h2-10H,11-17H2,1H3,(H2,26,27,28,32). The minimum atomic E-state index is -0.120. The molecular formula is C25H28N6O2. The maximum absolute atomic E-state index is 13.0. The number of nitrogens with one attached hydrogen (secondary N) is 2. The first-order valence-corrected chi connectivity index (χ1v) is 11.4. The summed E-state index contributed by atoms with van der Waals surface area (Å²) >= 11 is 0. The van der Waals surface area contributed by atoms with Crippen LogP contribution in [0.25, 0.3) is 0 Å². The number of carbonyl (C=O) groups is 2. The van der Waals surface area contributed by atoms with E-state index in [4.69, 9.17) is 0 Å². The van der Waals surface area contributed by atoms with Crippen LogP contribution < -0.4 is 15.1 Å². The van der Waals surface area contributed by atoms with Gasteiger partial charge < -0.3 is 15.1 Å². The highest BCUT2D eigenvalue weighted by Gasteiger charge is 2.30. The molecule has 0 radical (unpaired) electrons. The normalized spacial score (nSPS) is 16.6. The van der Waals surface area contributed by atoms with E-state index in [0.29, 0.717) is 31.0 Å². The van der Waals surface area contributed by atoms with Crippen LogP contribution in [0.4, 0.5) is 17.2 Å². The third kappa shape index (κ3) is 4.47. The van der Waals surface area contributed by atoms with Gasteiger partial charge in [-0.2, -0.15) is 5.10 Å². The summed E-state index contributed by atoms with van der Waals surface area (Å²) in [5, 5.41) is 10.0. The summed E-state index contributed by atoms with van der Waals surface area (Å²) in [7, 11) is 0. The topological polar surface area (TPSA) is 84.6 Å². The van der Waals surface area contributed by atoms with Gasteiger partial charge in [0.2, 0.25) is 5.91 Å². The van der Waals surface area contributed by atoms with Crippen LogP contribution in [0.15, 0.2) is 54.6 Å². The van der Waals surface area contributed by atoms with Crippen molar-refractivity contribution >= 4 is 29.0 Å². The Hall–Kier alpha value is -3.65. The van der Waals surface area contributed by atoms with E-state index in [0.717, 1.165) is 43.0 Å². The SMILES string of the molecule is Cc1ccc(N2CCc3c(NC(=O)CN4CCN(c5ccccc5)CC4)n[nH]c3C2=O)cc1. The van der Waals surface area contributed by atoms with Crippen LogP contribution in [-0.2, 0) is 11.2 Å². The smallest absolute Gasteiger partial charge is 0.276 e. The van der Waals surface area contributed by atoms with Crippen molar-refractivity contribution in [3.63, 3.8) is 0 Å². The molecular weight excluding hydrogens is 416 g/mol. The number of nitrogens with zero attached hydrogens (tertiary/aromatic N) is 4. The molecule has 3 heterocycles. The lowest BCUT2D eigenvalue weighted by atomic mass is 10.0. The van der Waals surface area contributed by atoms with Crippen molar-refractivity contribution in [2.75, 3.05) is 54.4 Å². The van der Waals surface area contributed by atoms with Crippen LogP contribution in [0.2, 0.25) is 0 Å². The number of para-hydroxylation sites is 1. The number of H-pyrrole nitrogens is 1. The fourth-order valence-electron chi connectivity index (χ4n) is 4.50. The van der Waals surface area contributed by atoms with Crippen molar-refractivity contribution < 1.29 is 9.59 Å². The van der Waals surface area contributed by atoms with Gasteiger partial charge in [0, 0.05) is 49.7 Å². The minimum absolute atomic E-state index is 0.106. The second-order valence-electron chi connectivity index (χ2n) is 8.62. The van der Waals surface area contributed by atoms with E-state index >= 15 is 0 Å². The Kier molecular flexibility index (Phi) is 5.83. The molecule has 2 N–H and O–H groups in total. The summed E-state index contributed by atoms with van der Waals surface area (Å²) in [6.45, 7) is 6.31. The third-order valence-electron chi connectivity index (χ3n) is 6.38. The predicted octanol–water partition coefficient (Wildman–Crippen LogP) is 2.68. The van der Waals surface area contributed by atoms with Crippen LogP contribution >= 0.6 is 0 Å². The molecule has 1 saturated heterocycles. The summed E-state index contributed by atoms with van der Waals surface area (Å²) in [6.07, 6.45) is 0.636. The van der Waals surface area contributed by atoms with Gasteiger partial charge in [0.1, 0.15) is 5.69 Å². The van der Waals surface area contributed by atoms with Gasteiger partial charge in [-0.1, -0.05) is 35.9 Å². The molecule has 0 spiro atoms. The molecule has 1 aromatic heterocycles. The maximum Gasteiger partial charge on any atom is 0.276 e. The molecule has 0 saturated carbocycles. The molecule has 3 aromatic rings. The van der Waals surface area contributed by atoms with Gasteiger partial charge in [0.25, 0.3) is 5.91 Å². The number of aromatic amines is 1. The summed E-state index contributed by atoms with van der Waals surface area (Å²) in [4.78, 5) is 31.9. The summed E-state index contributed by atoms with van der Waals surface area (Å²) < 4.78 is 0. The fraction of sp³-hybridized carbons (Fsp3) is 0.320. The largest absolute Gasteiger partial charge is 0.369 e. The van der Waals surface area contributed by atoms with Gasteiger partial charge in [-0.25, -0.2) is 0 Å². The number of hydrogen-bond acceptors (Lipinski definition) is 5. The van der Waals surface area contributed by atoms with Crippen molar-refractivity contribution in [3.8, 4) is 0 Å². The minimum Gasteiger partial charge on any atom is -0.369 e. The van der Waals surface area contributed by atoms with Crippen molar-refractivity contribution in [3.05, 3.63) is 71.4 Å². The van der Waals surface area contributed by atoms with Gasteiger partial charge in [-0.15, -0.1) is 0 Å². The Labute approximate surface area is 193 Å². The molecule has 2 aliphatic heterocycles. The Morgan fingerprint density at radius 1 is 0.970 bits per heavy atom. The van der Waals surface area contributed by atoms with E-state index in [1.165, 1.54) is 5.69 Å². The second kappa shape index (κ2) is 9.07. The number of amides is 2. The zero-order chi connectivity index (χ0) is 22.8. The number of piperazine rings is 1. The highest BCUT2D eigenvalue weighted by atomic mass is 16.2. The molecule has 2 amide bonds. The highest BCUT2D eigenvalue weighted by molar-refractivity contribution is 6.08. The Bertz CT molecular complexity index is 1130. The molecule has 0 atom stereocenters. The summed E-state index contributed by atoms with van der Waals surface area (Å²) in [5.74, 6) is 0.242. The van der Waals surface area contributed by atoms with Crippen LogP contribution in [0.5, 0.6) is 0 Å². The Morgan fingerprint density at radius 2 is 1.70 bits per heavy atom. The maximum atomic E-state index is 13.0. The zero-order valence-electron chi connectivity index (χ0n) is 18.8. The number of benzene rings is 2. The Morgan fingerprint density at radius 3 is 2.42 bits per heavy atom. The molecule has 0 unspecified atom stereocenters. The van der Waals surface area contributed by atoms with Crippen molar-refractivity contribution in [2.24, 2.45) is 0 Å². The van der Waals surface area contributed by atoms with Crippen molar-refractivity contribution in [1.29, 1.82) is 0 Å². The van der Waals surface area contributed by atoms with E-state index in [1.807, 2.05) is 49.4 Å². The van der Waals surface area contributed by atoms with Crippen LogP contribution in [0, 0.1) is 6.92 Å². The molecule has 5 rings (SSSR count). The van der Waals surface area contributed by atoms with Crippen LogP contribution in [-0.4, -0.2) is 66.2 Å². The number of rotatable bonds is 5. The third-order valence-corrected chi connectivity index (χ3v) is 6.38. The van der Waals surface area contributed by atoms with E-state index < -0.39 is 0 Å². The van der Waals surface area contributed by atoms with Gasteiger partial charge in [-0.3, -0.25) is 19.6 Å². The fourth-order valence-corrected chi connectivity index (χ4v) is 4.50. The quantitative estimate of drug-likeness (QED) is 0.632. The number of anilines is 3. The molecule has 0 aliphatic carbocycles. The second-order valence-corrected chi connectivity index (χ2v) is 8.62. The molecule has 0 bridgehead atoms. The zero-order valence-corrected chi connectivity index (χ0v) is 18.8. The van der Waals surface area contributed by atoms with Crippen LogP contribution in [0.1, 0.15) is 21.6 Å². The van der Waals surface area contributed by atoms with Crippen molar-refractivity contribution in [2.45, 2.75) is 13.3 Å². The number of carbonyl (C=O) groups excluding carboxylic acids is 2. The first kappa shape index (κ1) is 21.2. The first-order chi connectivity index (χ1) is 16.1. The lowest BCUT2D eigenvalue weighted by molar-refractivity contribution is -0.117. The molecule has 8 nitrogen and oxygen atoms in total.